The Labute approximate surface area is 192 Å². The Balaban J connectivity index is 1.45. The summed E-state index contributed by atoms with van der Waals surface area (Å²) in [6, 6.07) is 5.62. The number of likely N-dealkylation sites (tertiary alicyclic amines) is 1. The Morgan fingerprint density at radius 2 is 1.67 bits per heavy atom. The molecule has 0 aliphatic carbocycles. The average molecular weight is 472 g/mol. The maximum absolute atomic E-state index is 12.9. The van der Waals surface area contributed by atoms with Gasteiger partial charge < -0.3 is 24.6 Å². The number of amides is 3. The molecule has 2 fully saturated rings. The molecule has 0 aromatic heterocycles. The van der Waals surface area contributed by atoms with Crippen LogP contribution >= 0.6 is 0 Å². The highest BCUT2D eigenvalue weighted by Gasteiger charge is 2.34. The van der Waals surface area contributed by atoms with Gasteiger partial charge in [0.1, 0.15) is 5.75 Å². The van der Waals surface area contributed by atoms with Crippen LogP contribution in [0.1, 0.15) is 45.2 Å². The molecule has 1 aromatic carbocycles. The third-order valence-electron chi connectivity index (χ3n) is 5.99. The van der Waals surface area contributed by atoms with Crippen molar-refractivity contribution in [2.24, 2.45) is 5.92 Å². The fourth-order valence-corrected chi connectivity index (χ4v) is 4.32. The molecule has 0 saturated carbocycles. The second-order valence-corrected chi connectivity index (χ2v) is 8.91. The number of nitrogens with one attached hydrogen (secondary N) is 1. The minimum atomic E-state index is -4.39. The van der Waals surface area contributed by atoms with Crippen LogP contribution in [0.2, 0.25) is 0 Å². The third kappa shape index (κ3) is 7.25. The van der Waals surface area contributed by atoms with Gasteiger partial charge in [0.05, 0.1) is 18.2 Å². The van der Waals surface area contributed by atoms with E-state index in [0.717, 1.165) is 5.56 Å². The van der Waals surface area contributed by atoms with Gasteiger partial charge in [-0.05, 0) is 51.3 Å². The quantitative estimate of drug-likeness (QED) is 0.710. The molecular formula is C23H32F3N3O4. The molecule has 0 radical (unpaired) electrons. The van der Waals surface area contributed by atoms with Crippen LogP contribution in [0.25, 0.3) is 0 Å². The molecule has 3 atom stereocenters. The van der Waals surface area contributed by atoms with Gasteiger partial charge in [-0.2, -0.15) is 13.2 Å². The molecule has 3 unspecified atom stereocenters. The SMILES string of the molecule is CC1CN(C(=O)C2CCN(C(=O)NC(C)c3ccc(OCC(F)(F)F)cc3)CC2)CC(C)O1. The van der Waals surface area contributed by atoms with E-state index in [9.17, 15) is 22.8 Å². The highest BCUT2D eigenvalue weighted by molar-refractivity contribution is 5.80. The summed E-state index contributed by atoms with van der Waals surface area (Å²) in [6.07, 6.45) is -3.11. The zero-order valence-electron chi connectivity index (χ0n) is 19.2. The number of nitrogens with zero attached hydrogens (tertiary/aromatic N) is 2. The van der Waals surface area contributed by atoms with Crippen molar-refractivity contribution in [3.05, 3.63) is 29.8 Å². The van der Waals surface area contributed by atoms with Crippen LogP contribution in [0.5, 0.6) is 5.75 Å². The number of urea groups is 1. The lowest BCUT2D eigenvalue weighted by atomic mass is 9.95. The first kappa shape index (κ1) is 25.1. The van der Waals surface area contributed by atoms with Crippen molar-refractivity contribution in [1.82, 2.24) is 15.1 Å². The van der Waals surface area contributed by atoms with Gasteiger partial charge in [0.2, 0.25) is 5.91 Å². The molecular weight excluding hydrogens is 439 g/mol. The van der Waals surface area contributed by atoms with E-state index in [-0.39, 0.29) is 41.9 Å². The molecule has 0 spiro atoms. The van der Waals surface area contributed by atoms with Crippen molar-refractivity contribution in [3.63, 3.8) is 0 Å². The number of alkyl halides is 3. The molecule has 184 valence electrons. The van der Waals surface area contributed by atoms with Gasteiger partial charge in [-0.25, -0.2) is 4.79 Å². The lowest BCUT2D eigenvalue weighted by molar-refractivity contribution is -0.153. The van der Waals surface area contributed by atoms with Crippen LogP contribution in [-0.2, 0) is 9.53 Å². The smallest absolute Gasteiger partial charge is 0.422 e. The van der Waals surface area contributed by atoms with Crippen molar-refractivity contribution in [2.45, 2.75) is 58.0 Å². The first-order valence-electron chi connectivity index (χ1n) is 11.3. The highest BCUT2D eigenvalue weighted by atomic mass is 19.4. The van der Waals surface area contributed by atoms with Crippen LogP contribution in [0, 0.1) is 5.92 Å². The predicted octanol–water partition coefficient (Wildman–Crippen LogP) is 3.75. The van der Waals surface area contributed by atoms with Crippen molar-refractivity contribution >= 4 is 11.9 Å². The summed E-state index contributed by atoms with van der Waals surface area (Å²) in [5.41, 5.74) is 0.753. The summed E-state index contributed by atoms with van der Waals surface area (Å²) in [4.78, 5) is 29.1. The topological polar surface area (TPSA) is 71.1 Å². The Morgan fingerprint density at radius 3 is 2.21 bits per heavy atom. The molecule has 0 bridgehead atoms. The summed E-state index contributed by atoms with van der Waals surface area (Å²) in [7, 11) is 0. The number of carbonyl (C=O) groups excluding carboxylic acids is 2. The van der Waals surface area contributed by atoms with E-state index in [1.165, 1.54) is 12.1 Å². The summed E-state index contributed by atoms with van der Waals surface area (Å²) >= 11 is 0. The number of carbonyl (C=O) groups is 2. The number of hydrogen-bond donors (Lipinski definition) is 1. The van der Waals surface area contributed by atoms with E-state index in [0.29, 0.717) is 39.0 Å². The van der Waals surface area contributed by atoms with Gasteiger partial charge in [0, 0.05) is 32.1 Å². The van der Waals surface area contributed by atoms with Crippen molar-refractivity contribution < 1.29 is 32.2 Å². The van der Waals surface area contributed by atoms with Crippen LogP contribution in [0.4, 0.5) is 18.0 Å². The fourth-order valence-electron chi connectivity index (χ4n) is 4.32. The maximum Gasteiger partial charge on any atom is 0.422 e. The summed E-state index contributed by atoms with van der Waals surface area (Å²) in [6.45, 7) is 6.58. The van der Waals surface area contributed by atoms with E-state index >= 15 is 0 Å². The molecule has 7 nitrogen and oxygen atoms in total. The molecule has 33 heavy (non-hydrogen) atoms. The van der Waals surface area contributed by atoms with Gasteiger partial charge in [0.25, 0.3) is 0 Å². The zero-order valence-corrected chi connectivity index (χ0v) is 19.2. The Morgan fingerprint density at radius 1 is 1.09 bits per heavy atom. The molecule has 1 N–H and O–H groups in total. The van der Waals surface area contributed by atoms with Gasteiger partial charge in [-0.15, -0.1) is 0 Å². The van der Waals surface area contributed by atoms with Gasteiger partial charge in [0.15, 0.2) is 6.61 Å². The fraction of sp³-hybridized carbons (Fsp3) is 0.652. The summed E-state index contributed by atoms with van der Waals surface area (Å²) < 4.78 is 47.2. The van der Waals surface area contributed by atoms with Crippen molar-refractivity contribution in [3.8, 4) is 5.75 Å². The number of ether oxygens (including phenoxy) is 2. The number of halogens is 3. The second-order valence-electron chi connectivity index (χ2n) is 8.91. The molecule has 2 aliphatic rings. The van der Waals surface area contributed by atoms with E-state index in [2.05, 4.69) is 5.32 Å². The van der Waals surface area contributed by atoms with Crippen LogP contribution in [0.3, 0.4) is 0 Å². The van der Waals surface area contributed by atoms with Crippen LogP contribution in [-0.4, -0.2) is 72.9 Å². The maximum atomic E-state index is 12.9. The summed E-state index contributed by atoms with van der Waals surface area (Å²) in [5, 5.41) is 2.91. The molecule has 3 rings (SSSR count). The zero-order chi connectivity index (χ0) is 24.2. The standard InChI is InChI=1S/C23H32F3N3O4/c1-15-12-29(13-16(2)33-15)21(30)19-8-10-28(11-9-19)22(31)27-17(3)18-4-6-20(7-5-18)32-14-23(24,25)26/h4-7,15-17,19H,8-14H2,1-3H3,(H,27,31). The van der Waals surface area contributed by atoms with Crippen LogP contribution < -0.4 is 10.1 Å². The number of benzene rings is 1. The van der Waals surface area contributed by atoms with Crippen molar-refractivity contribution in [2.75, 3.05) is 32.8 Å². The minimum absolute atomic E-state index is 0.0234. The molecule has 10 heteroatoms. The Kier molecular flexibility index (Phi) is 8.10. The Bertz CT molecular complexity index is 800. The van der Waals surface area contributed by atoms with Gasteiger partial charge >= 0.3 is 12.2 Å². The largest absolute Gasteiger partial charge is 0.484 e. The van der Waals surface area contributed by atoms with E-state index in [1.807, 2.05) is 18.7 Å². The average Bonchev–Trinajstić information content (AvgIpc) is 2.76. The highest BCUT2D eigenvalue weighted by Crippen LogP contribution is 2.24. The number of rotatable bonds is 5. The normalized spacial score (nSPS) is 23.2. The number of hydrogen-bond acceptors (Lipinski definition) is 4. The molecule has 2 heterocycles. The van der Waals surface area contributed by atoms with Gasteiger partial charge in [-0.1, -0.05) is 12.1 Å². The molecule has 1 aromatic rings. The second kappa shape index (κ2) is 10.6. The first-order chi connectivity index (χ1) is 15.5. The summed E-state index contributed by atoms with van der Waals surface area (Å²) in [5.74, 6) is 0.164. The van der Waals surface area contributed by atoms with E-state index < -0.39 is 12.8 Å². The van der Waals surface area contributed by atoms with E-state index in [4.69, 9.17) is 9.47 Å². The molecule has 2 saturated heterocycles. The predicted molar refractivity (Wildman–Crippen MR) is 116 cm³/mol. The third-order valence-corrected chi connectivity index (χ3v) is 5.99. The number of morpholine rings is 1. The lowest BCUT2D eigenvalue weighted by Crippen LogP contribution is -2.52. The number of piperidine rings is 1. The van der Waals surface area contributed by atoms with Crippen LogP contribution in [0.15, 0.2) is 24.3 Å². The lowest BCUT2D eigenvalue weighted by Gasteiger charge is -2.39. The van der Waals surface area contributed by atoms with Gasteiger partial charge in [-0.3, -0.25) is 4.79 Å². The molecule has 3 amide bonds. The minimum Gasteiger partial charge on any atom is -0.484 e. The monoisotopic (exact) mass is 471 g/mol. The Hall–Kier alpha value is -2.49. The molecule has 2 aliphatic heterocycles. The van der Waals surface area contributed by atoms with Crippen molar-refractivity contribution in [1.29, 1.82) is 0 Å². The van der Waals surface area contributed by atoms with E-state index in [1.54, 1.807) is 24.0 Å². The first-order valence-corrected chi connectivity index (χ1v) is 11.3.